The molecule has 9 heteroatoms. The number of rotatable bonds is 6. The number of ether oxygens (including phenoxy) is 1. The molecule has 0 aliphatic carbocycles. The number of benzene rings is 1. The Bertz CT molecular complexity index is 1100. The molecule has 2 atom stereocenters. The van der Waals surface area contributed by atoms with Gasteiger partial charge in [0.25, 0.3) is 5.91 Å². The van der Waals surface area contributed by atoms with Crippen molar-refractivity contribution >= 4 is 34.8 Å². The van der Waals surface area contributed by atoms with Gasteiger partial charge in [0.05, 0.1) is 12.6 Å². The second kappa shape index (κ2) is 12.9. The fourth-order valence-corrected chi connectivity index (χ4v) is 4.22. The van der Waals surface area contributed by atoms with Crippen LogP contribution < -0.4 is 10.8 Å². The van der Waals surface area contributed by atoms with Gasteiger partial charge in [-0.2, -0.15) is 0 Å². The Labute approximate surface area is 218 Å². The average Bonchev–Trinajstić information content (AvgIpc) is 3.52. The minimum absolute atomic E-state index is 0.165. The van der Waals surface area contributed by atoms with Gasteiger partial charge in [0.1, 0.15) is 11.7 Å². The van der Waals surface area contributed by atoms with Gasteiger partial charge in [0.15, 0.2) is 12.1 Å². The third-order valence-corrected chi connectivity index (χ3v) is 5.94. The highest BCUT2D eigenvalue weighted by Crippen LogP contribution is 2.32. The second-order valence-electron chi connectivity index (χ2n) is 8.64. The Morgan fingerprint density at radius 2 is 2.14 bits per heavy atom. The number of aliphatic imine (C=N–C) groups is 2. The molecular weight excluding hydrogens is 478 g/mol. The van der Waals surface area contributed by atoms with E-state index in [0.29, 0.717) is 46.8 Å². The number of carbonyl (C=O) groups excluding carboxylic acids is 1. The maximum atomic E-state index is 13.5. The van der Waals surface area contributed by atoms with Crippen molar-refractivity contribution in [1.29, 1.82) is 0 Å². The van der Waals surface area contributed by atoms with Crippen LogP contribution in [0.25, 0.3) is 5.57 Å². The molecule has 2 unspecified atom stereocenters. The molecule has 2 N–H and O–H groups in total. The highest BCUT2D eigenvalue weighted by Gasteiger charge is 2.31. The molecular formula is C27H36ClN5O3. The van der Waals surface area contributed by atoms with Crippen LogP contribution in [-0.4, -0.2) is 54.5 Å². The van der Waals surface area contributed by atoms with E-state index in [1.54, 1.807) is 11.0 Å². The normalized spacial score (nSPS) is 23.7. The van der Waals surface area contributed by atoms with E-state index in [0.717, 1.165) is 24.2 Å². The summed E-state index contributed by atoms with van der Waals surface area (Å²) in [7, 11) is 0. The number of likely N-dealkylation sites (N-methyl/N-ethyl adjacent to an activating group) is 1. The van der Waals surface area contributed by atoms with Crippen molar-refractivity contribution in [2.45, 2.75) is 59.7 Å². The topological polar surface area (TPSA) is 87.6 Å². The SMILES string of the molecule is C=C(/N=C1\C(=C/C)C=C(c2ccc(C3=NC(C)ON3)cc2Cl)C(=O)N1CC)NC1CCOC1.CCC. The summed E-state index contributed by atoms with van der Waals surface area (Å²) in [5.74, 6) is 1.51. The molecule has 3 heterocycles. The van der Waals surface area contributed by atoms with Crippen LogP contribution in [0.5, 0.6) is 0 Å². The van der Waals surface area contributed by atoms with Crippen LogP contribution in [-0.2, 0) is 14.4 Å². The summed E-state index contributed by atoms with van der Waals surface area (Å²) >= 11 is 6.62. The Morgan fingerprint density at radius 3 is 2.69 bits per heavy atom. The molecule has 1 fully saturated rings. The molecule has 1 aromatic rings. The quantitative estimate of drug-likeness (QED) is 0.569. The summed E-state index contributed by atoms with van der Waals surface area (Å²) in [5, 5.41) is 3.73. The van der Waals surface area contributed by atoms with Crippen LogP contribution >= 0.6 is 11.6 Å². The van der Waals surface area contributed by atoms with E-state index >= 15 is 0 Å². The van der Waals surface area contributed by atoms with E-state index in [1.807, 2.05) is 45.1 Å². The Kier molecular flexibility index (Phi) is 9.87. The molecule has 1 amide bonds. The fourth-order valence-electron chi connectivity index (χ4n) is 3.94. The van der Waals surface area contributed by atoms with Crippen molar-refractivity contribution in [2.75, 3.05) is 19.8 Å². The van der Waals surface area contributed by atoms with Crippen molar-refractivity contribution < 1.29 is 14.4 Å². The summed E-state index contributed by atoms with van der Waals surface area (Å²) in [6.45, 7) is 15.8. The predicted molar refractivity (Wildman–Crippen MR) is 146 cm³/mol. The largest absolute Gasteiger partial charge is 0.379 e. The van der Waals surface area contributed by atoms with Crippen LogP contribution in [0.15, 0.2) is 58.3 Å². The number of amidine groups is 2. The number of carbonyl (C=O) groups is 1. The zero-order valence-corrected chi connectivity index (χ0v) is 22.5. The summed E-state index contributed by atoms with van der Waals surface area (Å²) in [6.07, 6.45) is 5.65. The molecule has 0 radical (unpaired) electrons. The average molecular weight is 514 g/mol. The number of allylic oxidation sites excluding steroid dienone is 1. The molecule has 8 nitrogen and oxygen atoms in total. The van der Waals surface area contributed by atoms with Crippen molar-refractivity contribution in [3.8, 4) is 0 Å². The van der Waals surface area contributed by atoms with Gasteiger partial charge in [0, 0.05) is 40.4 Å². The first kappa shape index (κ1) is 27.6. The predicted octanol–water partition coefficient (Wildman–Crippen LogP) is 4.82. The summed E-state index contributed by atoms with van der Waals surface area (Å²) < 4.78 is 5.40. The highest BCUT2D eigenvalue weighted by molar-refractivity contribution is 6.37. The van der Waals surface area contributed by atoms with E-state index in [4.69, 9.17) is 21.2 Å². The first-order valence-electron chi connectivity index (χ1n) is 12.4. The number of nitrogens with zero attached hydrogens (tertiary/aromatic N) is 3. The maximum Gasteiger partial charge on any atom is 0.260 e. The van der Waals surface area contributed by atoms with Gasteiger partial charge >= 0.3 is 0 Å². The lowest BCUT2D eigenvalue weighted by Crippen LogP contribution is -2.41. The molecule has 36 heavy (non-hydrogen) atoms. The third kappa shape index (κ3) is 6.43. The molecule has 194 valence electrons. The molecule has 0 aromatic heterocycles. The molecule has 3 aliphatic heterocycles. The molecule has 0 bridgehead atoms. The Morgan fingerprint density at radius 1 is 1.39 bits per heavy atom. The third-order valence-electron chi connectivity index (χ3n) is 5.63. The number of hydroxylamine groups is 1. The lowest BCUT2D eigenvalue weighted by molar-refractivity contribution is -0.121. The van der Waals surface area contributed by atoms with Gasteiger partial charge in [0.2, 0.25) is 0 Å². The van der Waals surface area contributed by atoms with E-state index in [9.17, 15) is 4.79 Å². The Balaban J connectivity index is 0.00000115. The lowest BCUT2D eigenvalue weighted by Gasteiger charge is -2.30. The smallest absolute Gasteiger partial charge is 0.260 e. The molecule has 0 saturated carbocycles. The number of hydrogen-bond acceptors (Lipinski definition) is 7. The number of halogens is 1. The van der Waals surface area contributed by atoms with Gasteiger partial charge < -0.3 is 10.1 Å². The zero-order chi connectivity index (χ0) is 26.2. The summed E-state index contributed by atoms with van der Waals surface area (Å²) in [6, 6.07) is 5.66. The van der Waals surface area contributed by atoms with Crippen molar-refractivity contribution in [2.24, 2.45) is 9.98 Å². The molecule has 3 aliphatic rings. The molecule has 4 rings (SSSR count). The Hall–Kier alpha value is -2.94. The number of nitrogens with one attached hydrogen (secondary N) is 2. The first-order chi connectivity index (χ1) is 17.3. The van der Waals surface area contributed by atoms with E-state index in [-0.39, 0.29) is 18.2 Å². The van der Waals surface area contributed by atoms with Gasteiger partial charge in [-0.3, -0.25) is 9.69 Å². The van der Waals surface area contributed by atoms with Gasteiger partial charge in [-0.15, -0.1) is 0 Å². The number of amides is 1. The first-order valence-corrected chi connectivity index (χ1v) is 12.8. The highest BCUT2D eigenvalue weighted by atomic mass is 35.5. The van der Waals surface area contributed by atoms with Crippen molar-refractivity contribution in [1.82, 2.24) is 15.7 Å². The summed E-state index contributed by atoms with van der Waals surface area (Å²) in [4.78, 5) is 29.4. The van der Waals surface area contributed by atoms with Crippen LogP contribution in [0.4, 0.5) is 0 Å². The van der Waals surface area contributed by atoms with Gasteiger partial charge in [-0.05, 0) is 39.3 Å². The van der Waals surface area contributed by atoms with Gasteiger partial charge in [-0.1, -0.05) is 56.7 Å². The van der Waals surface area contributed by atoms with Gasteiger partial charge in [-0.25, -0.2) is 20.3 Å². The molecule has 0 spiro atoms. The second-order valence-corrected chi connectivity index (χ2v) is 9.04. The standard InChI is InChI=1S/C24H28ClN5O3.C3H8/c1-5-16-11-20(19-8-7-17(12-21(19)25)22-28-15(4)33-29-22)24(31)30(6-2)23(16)27-14(3)26-18-9-10-32-13-18;1-3-2/h5,7-8,11-12,15,18,26H,3,6,9-10,13H2,1-2,4H3,(H,28,29);3H2,1-2H3/b16-5-,27-23+;. The van der Waals surface area contributed by atoms with E-state index < -0.39 is 0 Å². The fraction of sp³-hybridized carbons (Fsp3) is 0.444. The van der Waals surface area contributed by atoms with Crippen LogP contribution in [0.3, 0.4) is 0 Å². The minimum atomic E-state index is -0.264. The van der Waals surface area contributed by atoms with Crippen molar-refractivity contribution in [3.63, 3.8) is 0 Å². The van der Waals surface area contributed by atoms with Crippen LogP contribution in [0.2, 0.25) is 5.02 Å². The van der Waals surface area contributed by atoms with Crippen LogP contribution in [0, 0.1) is 0 Å². The maximum absolute atomic E-state index is 13.5. The minimum Gasteiger partial charge on any atom is -0.379 e. The molecule has 1 saturated heterocycles. The van der Waals surface area contributed by atoms with E-state index in [2.05, 4.69) is 41.2 Å². The van der Waals surface area contributed by atoms with Crippen LogP contribution in [0.1, 0.15) is 58.6 Å². The number of hydrogen-bond donors (Lipinski definition) is 2. The summed E-state index contributed by atoms with van der Waals surface area (Å²) in [5.41, 5.74) is 5.56. The lowest BCUT2D eigenvalue weighted by atomic mass is 9.95. The van der Waals surface area contributed by atoms with E-state index in [1.165, 1.54) is 6.42 Å². The van der Waals surface area contributed by atoms with Crippen molar-refractivity contribution in [3.05, 3.63) is 64.5 Å². The molecule has 1 aromatic carbocycles. The zero-order valence-electron chi connectivity index (χ0n) is 21.7. The monoisotopic (exact) mass is 513 g/mol.